The monoisotopic (exact) mass is 305 g/mol. The first-order chi connectivity index (χ1) is 11.3. The van der Waals surface area contributed by atoms with Gasteiger partial charge in [-0.25, -0.2) is 0 Å². The summed E-state index contributed by atoms with van der Waals surface area (Å²) in [4.78, 5) is 12.5. The van der Waals surface area contributed by atoms with Crippen molar-refractivity contribution in [1.29, 1.82) is 0 Å². The minimum Gasteiger partial charge on any atom is -0.340 e. The van der Waals surface area contributed by atoms with Gasteiger partial charge in [-0.2, -0.15) is 0 Å². The molecule has 2 heteroatoms. The topological polar surface area (TPSA) is 22.0 Å². The lowest BCUT2D eigenvalue weighted by Gasteiger charge is -2.17. The number of aromatic nitrogens is 1. The highest BCUT2D eigenvalue weighted by atomic mass is 16.1. The lowest BCUT2D eigenvalue weighted by atomic mass is 10.1. The van der Waals surface area contributed by atoms with E-state index in [-0.39, 0.29) is 5.43 Å². The van der Waals surface area contributed by atoms with Crippen LogP contribution in [-0.4, -0.2) is 4.57 Å². The van der Waals surface area contributed by atoms with Gasteiger partial charge in [-0.15, -0.1) is 0 Å². The Balaban J connectivity index is 2.12. The highest BCUT2D eigenvalue weighted by molar-refractivity contribution is 5.82. The van der Waals surface area contributed by atoms with E-state index in [9.17, 15) is 4.79 Å². The van der Waals surface area contributed by atoms with E-state index >= 15 is 0 Å². The van der Waals surface area contributed by atoms with Crippen molar-refractivity contribution < 1.29 is 0 Å². The molecule has 0 bridgehead atoms. The normalized spacial score (nSPS) is 11.0. The van der Waals surface area contributed by atoms with Crippen molar-refractivity contribution in [2.45, 2.75) is 39.2 Å². The number of nitrogens with zero attached hydrogens (tertiary/aromatic N) is 1. The number of rotatable bonds is 6. The fraction of sp³-hybridized carbons (Fsp3) is 0.286. The molecule has 3 rings (SSSR count). The Bertz CT molecular complexity index is 833. The quantitative estimate of drug-likeness (QED) is 0.570. The first kappa shape index (κ1) is 15.5. The lowest BCUT2D eigenvalue weighted by molar-refractivity contribution is 0.594. The zero-order valence-corrected chi connectivity index (χ0v) is 13.7. The van der Waals surface area contributed by atoms with Gasteiger partial charge in [-0.1, -0.05) is 68.7 Å². The molecule has 0 atom stereocenters. The molecule has 0 aliphatic rings. The Morgan fingerprint density at radius 2 is 1.61 bits per heavy atom. The van der Waals surface area contributed by atoms with E-state index in [4.69, 9.17) is 0 Å². The molecule has 0 saturated carbocycles. The second kappa shape index (κ2) is 7.28. The van der Waals surface area contributed by atoms with Crippen molar-refractivity contribution in [3.8, 4) is 11.3 Å². The fourth-order valence-corrected chi connectivity index (χ4v) is 3.11. The van der Waals surface area contributed by atoms with Crippen molar-refractivity contribution in [2.24, 2.45) is 0 Å². The van der Waals surface area contributed by atoms with Crippen LogP contribution in [-0.2, 0) is 6.54 Å². The number of para-hydroxylation sites is 1. The van der Waals surface area contributed by atoms with Gasteiger partial charge in [0.1, 0.15) is 0 Å². The summed E-state index contributed by atoms with van der Waals surface area (Å²) in [7, 11) is 0. The minimum atomic E-state index is 0.101. The minimum absolute atomic E-state index is 0.101. The molecule has 0 aliphatic heterocycles. The number of hydrogen-bond acceptors (Lipinski definition) is 1. The third-order valence-corrected chi connectivity index (χ3v) is 4.32. The molecule has 1 aromatic heterocycles. The van der Waals surface area contributed by atoms with Crippen LogP contribution in [0.3, 0.4) is 0 Å². The molecular weight excluding hydrogens is 282 g/mol. The summed E-state index contributed by atoms with van der Waals surface area (Å²) in [5, 5.41) is 0.808. The number of fused-ring (bicyclic) bond motifs is 1. The Kier molecular flexibility index (Phi) is 4.92. The molecule has 2 nitrogen and oxygen atoms in total. The van der Waals surface area contributed by atoms with E-state index in [0.717, 1.165) is 35.1 Å². The van der Waals surface area contributed by atoms with Crippen LogP contribution in [0.2, 0.25) is 0 Å². The average Bonchev–Trinajstić information content (AvgIpc) is 2.61. The van der Waals surface area contributed by atoms with Crippen LogP contribution in [0.15, 0.2) is 65.5 Å². The van der Waals surface area contributed by atoms with Gasteiger partial charge in [0.2, 0.25) is 0 Å². The van der Waals surface area contributed by atoms with Crippen LogP contribution in [0.25, 0.3) is 22.2 Å². The zero-order valence-electron chi connectivity index (χ0n) is 13.7. The van der Waals surface area contributed by atoms with E-state index in [1.54, 1.807) is 6.07 Å². The number of aryl methyl sites for hydroxylation is 1. The molecule has 0 spiro atoms. The molecule has 23 heavy (non-hydrogen) atoms. The van der Waals surface area contributed by atoms with Gasteiger partial charge in [0, 0.05) is 18.0 Å². The molecule has 3 aromatic rings. The first-order valence-corrected chi connectivity index (χ1v) is 8.49. The van der Waals surface area contributed by atoms with Gasteiger partial charge in [0.25, 0.3) is 0 Å². The lowest BCUT2D eigenvalue weighted by Crippen LogP contribution is -2.12. The molecule has 0 amide bonds. The molecule has 0 radical (unpaired) electrons. The molecule has 0 N–H and O–H groups in total. The van der Waals surface area contributed by atoms with Gasteiger partial charge in [-0.3, -0.25) is 4.79 Å². The van der Waals surface area contributed by atoms with Gasteiger partial charge in [0.15, 0.2) is 5.43 Å². The van der Waals surface area contributed by atoms with Gasteiger partial charge in [0.05, 0.1) is 11.2 Å². The van der Waals surface area contributed by atoms with E-state index in [2.05, 4.69) is 29.7 Å². The maximum absolute atomic E-state index is 12.5. The van der Waals surface area contributed by atoms with Crippen LogP contribution in [0.5, 0.6) is 0 Å². The zero-order chi connectivity index (χ0) is 16.1. The number of pyridine rings is 1. The van der Waals surface area contributed by atoms with E-state index in [0.29, 0.717) is 0 Å². The van der Waals surface area contributed by atoms with Crippen molar-refractivity contribution in [2.75, 3.05) is 0 Å². The Morgan fingerprint density at radius 3 is 2.39 bits per heavy atom. The van der Waals surface area contributed by atoms with Crippen molar-refractivity contribution in [1.82, 2.24) is 4.57 Å². The van der Waals surface area contributed by atoms with Crippen LogP contribution in [0, 0.1) is 0 Å². The predicted octanol–water partition coefficient (Wildman–Crippen LogP) is 5.25. The van der Waals surface area contributed by atoms with Crippen LogP contribution < -0.4 is 5.43 Å². The highest BCUT2D eigenvalue weighted by Crippen LogP contribution is 2.23. The Labute approximate surface area is 137 Å². The summed E-state index contributed by atoms with van der Waals surface area (Å²) in [6.07, 6.45) is 4.86. The second-order valence-electron chi connectivity index (χ2n) is 5.99. The average molecular weight is 305 g/mol. The summed E-state index contributed by atoms with van der Waals surface area (Å²) in [6, 6.07) is 19.9. The third kappa shape index (κ3) is 3.37. The third-order valence-electron chi connectivity index (χ3n) is 4.32. The number of unbranched alkanes of at least 4 members (excludes halogenated alkanes) is 3. The maximum Gasteiger partial charge on any atom is 0.190 e. The number of hydrogen-bond donors (Lipinski definition) is 0. The molecular formula is C21H23NO. The maximum atomic E-state index is 12.5. The SMILES string of the molecule is CCCCCCn1c(-c2ccccc2)cc(=O)c2ccccc21. The van der Waals surface area contributed by atoms with Crippen molar-refractivity contribution in [3.05, 3.63) is 70.9 Å². The smallest absolute Gasteiger partial charge is 0.190 e. The summed E-state index contributed by atoms with van der Waals surface area (Å²) in [5.41, 5.74) is 3.26. The first-order valence-electron chi connectivity index (χ1n) is 8.49. The summed E-state index contributed by atoms with van der Waals surface area (Å²) in [5.74, 6) is 0. The molecule has 0 unspecified atom stereocenters. The Morgan fingerprint density at radius 1 is 0.870 bits per heavy atom. The molecule has 0 fully saturated rings. The van der Waals surface area contributed by atoms with Crippen molar-refractivity contribution >= 4 is 10.9 Å². The van der Waals surface area contributed by atoms with Crippen LogP contribution >= 0.6 is 0 Å². The van der Waals surface area contributed by atoms with Gasteiger partial charge >= 0.3 is 0 Å². The van der Waals surface area contributed by atoms with E-state index < -0.39 is 0 Å². The summed E-state index contributed by atoms with van der Waals surface area (Å²) < 4.78 is 2.31. The molecule has 118 valence electrons. The fourth-order valence-electron chi connectivity index (χ4n) is 3.11. The summed E-state index contributed by atoms with van der Waals surface area (Å²) in [6.45, 7) is 3.18. The molecule has 0 aliphatic carbocycles. The number of benzene rings is 2. The molecule has 2 aromatic carbocycles. The molecule has 1 heterocycles. The second-order valence-corrected chi connectivity index (χ2v) is 5.99. The predicted molar refractivity (Wildman–Crippen MR) is 97.8 cm³/mol. The van der Waals surface area contributed by atoms with E-state index in [1.807, 2.05) is 36.4 Å². The van der Waals surface area contributed by atoms with Gasteiger partial charge < -0.3 is 4.57 Å². The van der Waals surface area contributed by atoms with Crippen molar-refractivity contribution in [3.63, 3.8) is 0 Å². The van der Waals surface area contributed by atoms with Crippen LogP contribution in [0.4, 0.5) is 0 Å². The standard InChI is InChI=1S/C21H23NO/c1-2-3-4-10-15-22-19-14-9-8-13-18(19)21(23)16-20(22)17-11-6-5-7-12-17/h5-9,11-14,16H,2-4,10,15H2,1H3. The van der Waals surface area contributed by atoms with Crippen LogP contribution in [0.1, 0.15) is 32.6 Å². The van der Waals surface area contributed by atoms with E-state index in [1.165, 1.54) is 19.3 Å². The largest absolute Gasteiger partial charge is 0.340 e. The van der Waals surface area contributed by atoms with Gasteiger partial charge in [-0.05, 0) is 24.1 Å². The highest BCUT2D eigenvalue weighted by Gasteiger charge is 2.10. The molecule has 0 saturated heterocycles. The Hall–Kier alpha value is -2.35. The summed E-state index contributed by atoms with van der Waals surface area (Å²) >= 11 is 0.